The molecule has 1 heterocycles. The number of rotatable bonds is 4. The largest absolute Gasteiger partial charge is 0.497 e. The van der Waals surface area contributed by atoms with Gasteiger partial charge in [0.2, 0.25) is 5.90 Å². The van der Waals surface area contributed by atoms with E-state index in [9.17, 15) is 14.9 Å². The molecule has 0 atom stereocenters. The second-order valence-electron chi connectivity index (χ2n) is 5.03. The minimum absolute atomic E-state index is 0.0255. The Morgan fingerprint density at radius 1 is 1.24 bits per heavy atom. The van der Waals surface area contributed by atoms with E-state index < -0.39 is 10.9 Å². The van der Waals surface area contributed by atoms with Gasteiger partial charge in [-0.05, 0) is 57.9 Å². The van der Waals surface area contributed by atoms with Crippen molar-refractivity contribution in [2.75, 3.05) is 7.11 Å². The van der Waals surface area contributed by atoms with Gasteiger partial charge >= 0.3 is 5.97 Å². The van der Waals surface area contributed by atoms with Crippen LogP contribution in [0, 0.1) is 10.1 Å². The molecule has 2 aromatic carbocycles. The number of cyclic esters (lactones) is 1. The van der Waals surface area contributed by atoms with Crippen molar-refractivity contribution in [1.29, 1.82) is 0 Å². The third kappa shape index (κ3) is 3.58. The van der Waals surface area contributed by atoms with Crippen LogP contribution < -0.4 is 4.74 Å². The second-order valence-corrected chi connectivity index (χ2v) is 5.88. The molecule has 0 radical (unpaired) electrons. The number of nitrogens with zero attached hydrogens (tertiary/aromatic N) is 2. The first-order valence-corrected chi connectivity index (χ1v) is 7.88. The van der Waals surface area contributed by atoms with Gasteiger partial charge in [-0.25, -0.2) is 9.79 Å². The lowest BCUT2D eigenvalue weighted by molar-refractivity contribution is -0.384. The van der Waals surface area contributed by atoms with Gasteiger partial charge in [-0.3, -0.25) is 10.1 Å². The molecule has 0 spiro atoms. The van der Waals surface area contributed by atoms with Crippen LogP contribution in [0.4, 0.5) is 5.69 Å². The predicted octanol–water partition coefficient (Wildman–Crippen LogP) is 3.71. The highest BCUT2D eigenvalue weighted by Crippen LogP contribution is 2.27. The number of aliphatic imine (C=N–C) groups is 1. The van der Waals surface area contributed by atoms with Gasteiger partial charge in [0.05, 0.1) is 17.6 Å². The highest BCUT2D eigenvalue weighted by atomic mass is 79.9. The monoisotopic (exact) mass is 402 g/mol. The van der Waals surface area contributed by atoms with Gasteiger partial charge in [-0.15, -0.1) is 0 Å². The van der Waals surface area contributed by atoms with E-state index in [1.807, 2.05) is 0 Å². The number of carbonyl (C=O) groups is 1. The topological polar surface area (TPSA) is 91.0 Å². The lowest BCUT2D eigenvalue weighted by Crippen LogP contribution is -2.06. The lowest BCUT2D eigenvalue weighted by Gasteiger charge is -2.05. The highest BCUT2D eigenvalue weighted by Gasteiger charge is 2.25. The Bertz CT molecular complexity index is 919. The quantitative estimate of drug-likeness (QED) is 0.336. The lowest BCUT2D eigenvalue weighted by atomic mass is 10.2. The summed E-state index contributed by atoms with van der Waals surface area (Å²) in [6, 6.07) is 11.0. The Hall–Kier alpha value is -3.00. The molecule has 1 aliphatic heterocycles. The van der Waals surface area contributed by atoms with E-state index in [-0.39, 0.29) is 17.3 Å². The van der Waals surface area contributed by atoms with Gasteiger partial charge in [0.25, 0.3) is 5.69 Å². The summed E-state index contributed by atoms with van der Waals surface area (Å²) in [5.74, 6) is 0.242. The number of nitro benzene ring substituents is 1. The zero-order chi connectivity index (χ0) is 18.0. The fourth-order valence-electron chi connectivity index (χ4n) is 2.17. The fourth-order valence-corrected chi connectivity index (χ4v) is 2.70. The van der Waals surface area contributed by atoms with E-state index in [2.05, 4.69) is 20.9 Å². The van der Waals surface area contributed by atoms with E-state index in [0.717, 1.165) is 0 Å². The molecule has 2 aromatic rings. The normalized spacial score (nSPS) is 15.0. The van der Waals surface area contributed by atoms with Crippen molar-refractivity contribution >= 4 is 39.6 Å². The van der Waals surface area contributed by atoms with Crippen molar-refractivity contribution < 1.29 is 19.2 Å². The number of halogens is 1. The van der Waals surface area contributed by atoms with Gasteiger partial charge in [0, 0.05) is 16.6 Å². The van der Waals surface area contributed by atoms with Crippen molar-refractivity contribution in [3.8, 4) is 5.75 Å². The predicted molar refractivity (Wildman–Crippen MR) is 94.4 cm³/mol. The first-order chi connectivity index (χ1) is 12.0. The molecule has 0 N–H and O–H groups in total. The molecule has 0 unspecified atom stereocenters. The number of nitro groups is 1. The summed E-state index contributed by atoms with van der Waals surface area (Å²) in [4.78, 5) is 26.4. The summed E-state index contributed by atoms with van der Waals surface area (Å²) in [6.45, 7) is 0. The average Bonchev–Trinajstić information content (AvgIpc) is 2.95. The Morgan fingerprint density at radius 2 is 1.96 bits per heavy atom. The smallest absolute Gasteiger partial charge is 0.363 e. The zero-order valence-corrected chi connectivity index (χ0v) is 14.5. The summed E-state index contributed by atoms with van der Waals surface area (Å²) in [5.41, 5.74) is 1.31. The van der Waals surface area contributed by atoms with Gasteiger partial charge < -0.3 is 9.47 Å². The fraction of sp³-hybridized carbons (Fsp3) is 0.0588. The Labute approximate surface area is 150 Å². The van der Waals surface area contributed by atoms with E-state index >= 15 is 0 Å². The second kappa shape index (κ2) is 6.86. The van der Waals surface area contributed by atoms with Crippen LogP contribution in [0.1, 0.15) is 11.1 Å². The Balaban J connectivity index is 1.90. The third-order valence-corrected chi connectivity index (χ3v) is 4.09. The van der Waals surface area contributed by atoms with Crippen molar-refractivity contribution in [1.82, 2.24) is 0 Å². The van der Waals surface area contributed by atoms with Gasteiger partial charge in [-0.1, -0.05) is 0 Å². The molecular formula is C17H11BrN2O5. The molecule has 7 nitrogen and oxygen atoms in total. The summed E-state index contributed by atoms with van der Waals surface area (Å²) < 4.78 is 11.0. The summed E-state index contributed by atoms with van der Waals surface area (Å²) >= 11 is 3.39. The van der Waals surface area contributed by atoms with Crippen LogP contribution in [0.2, 0.25) is 0 Å². The number of methoxy groups -OCH3 is 1. The van der Waals surface area contributed by atoms with Crippen molar-refractivity contribution in [2.24, 2.45) is 4.99 Å². The maximum absolute atomic E-state index is 12.0. The first-order valence-electron chi connectivity index (χ1n) is 7.09. The highest BCUT2D eigenvalue weighted by molar-refractivity contribution is 9.10. The number of non-ortho nitro benzene ring substituents is 1. The SMILES string of the molecule is COc1ccc(C2=N/C(=C\c3ccc([N+](=O)[O-])cc3)C(=O)O2)c(Br)c1. The number of esters is 1. The van der Waals surface area contributed by atoms with E-state index in [4.69, 9.17) is 9.47 Å². The number of hydrogen-bond acceptors (Lipinski definition) is 6. The molecule has 0 aromatic heterocycles. The van der Waals surface area contributed by atoms with Crippen LogP contribution in [-0.4, -0.2) is 23.9 Å². The molecule has 0 amide bonds. The molecule has 1 aliphatic rings. The van der Waals surface area contributed by atoms with Gasteiger partial charge in [-0.2, -0.15) is 0 Å². The Morgan fingerprint density at radius 3 is 2.56 bits per heavy atom. The maximum Gasteiger partial charge on any atom is 0.363 e. The van der Waals surface area contributed by atoms with E-state index in [1.165, 1.54) is 30.3 Å². The van der Waals surface area contributed by atoms with E-state index in [1.54, 1.807) is 25.3 Å². The number of benzene rings is 2. The van der Waals surface area contributed by atoms with E-state index in [0.29, 0.717) is 21.3 Å². The van der Waals surface area contributed by atoms with Gasteiger partial charge in [0.1, 0.15) is 5.75 Å². The van der Waals surface area contributed by atoms with Crippen LogP contribution in [0.3, 0.4) is 0 Å². The molecule has 0 saturated heterocycles. The molecule has 25 heavy (non-hydrogen) atoms. The molecule has 0 fully saturated rings. The summed E-state index contributed by atoms with van der Waals surface area (Å²) in [6.07, 6.45) is 1.51. The van der Waals surface area contributed by atoms with Crippen molar-refractivity contribution in [3.63, 3.8) is 0 Å². The van der Waals surface area contributed by atoms with Crippen LogP contribution in [-0.2, 0) is 9.53 Å². The van der Waals surface area contributed by atoms with Crippen LogP contribution in [0.15, 0.2) is 57.6 Å². The van der Waals surface area contributed by atoms with Crippen LogP contribution in [0.25, 0.3) is 6.08 Å². The minimum Gasteiger partial charge on any atom is -0.497 e. The summed E-state index contributed by atoms with van der Waals surface area (Å²) in [7, 11) is 1.56. The molecular weight excluding hydrogens is 392 g/mol. The molecule has 3 rings (SSSR count). The maximum atomic E-state index is 12.0. The molecule has 126 valence electrons. The number of hydrogen-bond donors (Lipinski definition) is 0. The first kappa shape index (κ1) is 16.8. The molecule has 8 heteroatoms. The Kier molecular flexibility index (Phi) is 4.62. The van der Waals surface area contributed by atoms with Crippen LogP contribution in [0.5, 0.6) is 5.75 Å². The zero-order valence-electron chi connectivity index (χ0n) is 12.9. The van der Waals surface area contributed by atoms with Crippen LogP contribution >= 0.6 is 15.9 Å². The summed E-state index contributed by atoms with van der Waals surface area (Å²) in [5, 5.41) is 10.7. The standard InChI is InChI=1S/C17H11BrN2O5/c1-24-12-6-7-13(14(18)9-12)16-19-15(17(21)25-16)8-10-2-4-11(5-3-10)20(22)23/h2-9H,1H3/b15-8-. The van der Waals surface area contributed by atoms with Gasteiger partial charge in [0.15, 0.2) is 5.70 Å². The average molecular weight is 403 g/mol. The third-order valence-electron chi connectivity index (χ3n) is 3.43. The molecule has 0 saturated carbocycles. The minimum atomic E-state index is -0.587. The van der Waals surface area contributed by atoms with Crippen molar-refractivity contribution in [3.05, 3.63) is 73.9 Å². The van der Waals surface area contributed by atoms with Crippen molar-refractivity contribution in [2.45, 2.75) is 0 Å². The number of ether oxygens (including phenoxy) is 2. The molecule has 0 aliphatic carbocycles. The molecule has 0 bridgehead atoms. The number of carbonyl (C=O) groups excluding carboxylic acids is 1.